The van der Waals surface area contributed by atoms with Gasteiger partial charge < -0.3 is 4.74 Å². The number of aromatic nitrogens is 4. The largest absolute Gasteiger partial charge is 0.461 e. The van der Waals surface area contributed by atoms with Crippen LogP contribution in [0.25, 0.3) is 11.2 Å². The van der Waals surface area contributed by atoms with E-state index in [2.05, 4.69) is 9.97 Å². The van der Waals surface area contributed by atoms with E-state index in [0.29, 0.717) is 5.69 Å². The number of carbonyl (C=O) groups is 1. The molecule has 0 saturated carbocycles. The van der Waals surface area contributed by atoms with E-state index in [1.54, 1.807) is 13.8 Å². The van der Waals surface area contributed by atoms with E-state index in [0.717, 1.165) is 4.57 Å². The van der Waals surface area contributed by atoms with Gasteiger partial charge in [0.15, 0.2) is 16.9 Å². The summed E-state index contributed by atoms with van der Waals surface area (Å²) in [6.45, 7) is 3.44. The van der Waals surface area contributed by atoms with E-state index in [1.165, 1.54) is 18.7 Å². The summed E-state index contributed by atoms with van der Waals surface area (Å²) in [6.07, 6.45) is 0. The molecule has 0 saturated heterocycles. The summed E-state index contributed by atoms with van der Waals surface area (Å²) in [6, 6.07) is 0. The number of ether oxygens (including phenoxy) is 1. The summed E-state index contributed by atoms with van der Waals surface area (Å²) >= 11 is 0. The molecule has 2 rings (SSSR count). The lowest BCUT2D eigenvalue weighted by atomic mass is 10.3. The predicted molar refractivity (Wildman–Crippen MR) is 70.7 cm³/mol. The van der Waals surface area contributed by atoms with Crippen molar-refractivity contribution in [2.75, 3.05) is 6.61 Å². The molecule has 0 radical (unpaired) electrons. The Morgan fingerprint density at radius 1 is 1.20 bits per heavy atom. The van der Waals surface area contributed by atoms with Crippen molar-refractivity contribution < 1.29 is 9.53 Å². The number of fused-ring (bicyclic) bond motifs is 1. The molecule has 0 aliphatic heterocycles. The summed E-state index contributed by atoms with van der Waals surface area (Å²) in [5.74, 6) is -0.643. The van der Waals surface area contributed by atoms with Crippen LogP contribution in [0.2, 0.25) is 0 Å². The minimum absolute atomic E-state index is 0.0184. The van der Waals surface area contributed by atoms with Crippen molar-refractivity contribution in [1.82, 2.24) is 19.1 Å². The van der Waals surface area contributed by atoms with Crippen molar-refractivity contribution in [3.63, 3.8) is 0 Å². The molecule has 0 atom stereocenters. The number of hydrogen-bond donors (Lipinski definition) is 0. The molecule has 8 heteroatoms. The third-order valence-electron chi connectivity index (χ3n) is 2.92. The first-order valence-electron chi connectivity index (χ1n) is 6.00. The quantitative estimate of drug-likeness (QED) is 0.688. The fraction of sp³-hybridized carbons (Fsp3) is 0.417. The smallest absolute Gasteiger partial charge is 0.358 e. The minimum Gasteiger partial charge on any atom is -0.461 e. The van der Waals surface area contributed by atoms with E-state index in [9.17, 15) is 14.4 Å². The number of hydrogen-bond acceptors (Lipinski definition) is 6. The zero-order valence-electron chi connectivity index (χ0n) is 11.6. The standard InChI is InChI=1S/C12H14N4O4/c1-5-20-11(18)7-6(2)13-9-8(14-7)10(17)16(4)12(19)15(9)3/h5H2,1-4H3. The van der Waals surface area contributed by atoms with Gasteiger partial charge in [-0.05, 0) is 13.8 Å². The summed E-state index contributed by atoms with van der Waals surface area (Å²) in [4.78, 5) is 43.8. The molecule has 8 nitrogen and oxygen atoms in total. The van der Waals surface area contributed by atoms with Gasteiger partial charge in [-0.15, -0.1) is 0 Å². The fourth-order valence-electron chi connectivity index (χ4n) is 1.84. The number of carbonyl (C=O) groups excluding carboxylic acids is 1. The molecule has 0 unspecified atom stereocenters. The highest BCUT2D eigenvalue weighted by molar-refractivity contribution is 5.90. The van der Waals surface area contributed by atoms with Crippen molar-refractivity contribution >= 4 is 17.1 Å². The molecule has 0 N–H and O–H groups in total. The molecule has 2 heterocycles. The first-order chi connectivity index (χ1) is 9.38. The molecule has 0 bridgehead atoms. The van der Waals surface area contributed by atoms with Crippen LogP contribution >= 0.6 is 0 Å². The van der Waals surface area contributed by atoms with E-state index >= 15 is 0 Å². The van der Waals surface area contributed by atoms with Gasteiger partial charge in [0.2, 0.25) is 0 Å². The molecule has 2 aromatic heterocycles. The molecular weight excluding hydrogens is 264 g/mol. The number of nitrogens with zero attached hydrogens (tertiary/aromatic N) is 4. The Morgan fingerprint density at radius 2 is 1.85 bits per heavy atom. The van der Waals surface area contributed by atoms with E-state index < -0.39 is 17.2 Å². The second-order valence-corrected chi connectivity index (χ2v) is 4.26. The molecule has 0 fully saturated rings. The van der Waals surface area contributed by atoms with Crippen molar-refractivity contribution in [2.45, 2.75) is 13.8 Å². The van der Waals surface area contributed by atoms with Gasteiger partial charge in [0, 0.05) is 14.1 Å². The molecule has 0 aliphatic rings. The highest BCUT2D eigenvalue weighted by Gasteiger charge is 2.18. The Bertz CT molecular complexity index is 819. The molecule has 106 valence electrons. The highest BCUT2D eigenvalue weighted by Crippen LogP contribution is 2.09. The summed E-state index contributed by atoms with van der Waals surface area (Å²) < 4.78 is 6.99. The third kappa shape index (κ3) is 1.98. The Hall–Kier alpha value is -2.51. The second kappa shape index (κ2) is 4.87. The second-order valence-electron chi connectivity index (χ2n) is 4.26. The van der Waals surface area contributed by atoms with Crippen LogP contribution in [0.15, 0.2) is 9.59 Å². The molecule has 0 spiro atoms. The van der Waals surface area contributed by atoms with Crippen LogP contribution in [0.3, 0.4) is 0 Å². The normalized spacial score (nSPS) is 10.8. The van der Waals surface area contributed by atoms with Crippen LogP contribution < -0.4 is 11.2 Å². The van der Waals surface area contributed by atoms with E-state index in [1.807, 2.05) is 0 Å². The van der Waals surface area contributed by atoms with Crippen LogP contribution in [0, 0.1) is 6.92 Å². The monoisotopic (exact) mass is 278 g/mol. The predicted octanol–water partition coefficient (Wildman–Crippen LogP) is -0.488. The number of aryl methyl sites for hydroxylation is 2. The Kier molecular flexibility index (Phi) is 3.39. The van der Waals surface area contributed by atoms with Gasteiger partial charge in [0.05, 0.1) is 12.3 Å². The maximum atomic E-state index is 12.0. The van der Waals surface area contributed by atoms with Crippen molar-refractivity contribution in [2.24, 2.45) is 14.1 Å². The first kappa shape index (κ1) is 13.9. The van der Waals surface area contributed by atoms with Crippen LogP contribution in [0.5, 0.6) is 0 Å². The third-order valence-corrected chi connectivity index (χ3v) is 2.92. The summed E-state index contributed by atoms with van der Waals surface area (Å²) in [5, 5.41) is 0. The molecular formula is C12H14N4O4. The van der Waals surface area contributed by atoms with Gasteiger partial charge in [-0.2, -0.15) is 0 Å². The van der Waals surface area contributed by atoms with E-state index in [-0.39, 0.29) is 23.5 Å². The Morgan fingerprint density at radius 3 is 2.45 bits per heavy atom. The highest BCUT2D eigenvalue weighted by atomic mass is 16.5. The Labute approximate surface area is 113 Å². The van der Waals surface area contributed by atoms with Crippen molar-refractivity contribution in [3.8, 4) is 0 Å². The lowest BCUT2D eigenvalue weighted by Crippen LogP contribution is -2.38. The van der Waals surface area contributed by atoms with Crippen LogP contribution in [0.1, 0.15) is 23.1 Å². The fourth-order valence-corrected chi connectivity index (χ4v) is 1.84. The molecule has 0 amide bonds. The maximum Gasteiger partial charge on any atom is 0.358 e. The van der Waals surface area contributed by atoms with Gasteiger partial charge in [-0.25, -0.2) is 19.6 Å². The van der Waals surface area contributed by atoms with Crippen LogP contribution in [0.4, 0.5) is 0 Å². The molecule has 2 aromatic rings. The topological polar surface area (TPSA) is 96.1 Å². The van der Waals surface area contributed by atoms with Crippen molar-refractivity contribution in [3.05, 3.63) is 32.2 Å². The average molecular weight is 278 g/mol. The summed E-state index contributed by atoms with van der Waals surface area (Å²) in [7, 11) is 2.83. The minimum atomic E-state index is -0.643. The summed E-state index contributed by atoms with van der Waals surface area (Å²) in [5.41, 5.74) is -0.706. The van der Waals surface area contributed by atoms with Gasteiger partial charge in [-0.1, -0.05) is 0 Å². The lowest BCUT2D eigenvalue weighted by molar-refractivity contribution is 0.0518. The molecule has 20 heavy (non-hydrogen) atoms. The molecule has 0 aliphatic carbocycles. The molecule has 0 aromatic carbocycles. The lowest BCUT2D eigenvalue weighted by Gasteiger charge is -2.09. The van der Waals surface area contributed by atoms with Gasteiger partial charge in [-0.3, -0.25) is 13.9 Å². The Balaban J connectivity index is 2.87. The zero-order chi connectivity index (χ0) is 15.0. The van der Waals surface area contributed by atoms with Crippen LogP contribution in [-0.4, -0.2) is 31.7 Å². The number of rotatable bonds is 2. The maximum absolute atomic E-state index is 12.0. The van der Waals surface area contributed by atoms with Gasteiger partial charge in [0.25, 0.3) is 5.56 Å². The van der Waals surface area contributed by atoms with Gasteiger partial charge >= 0.3 is 11.7 Å². The van der Waals surface area contributed by atoms with Gasteiger partial charge in [0.1, 0.15) is 0 Å². The zero-order valence-corrected chi connectivity index (χ0v) is 11.6. The first-order valence-corrected chi connectivity index (χ1v) is 6.00. The van der Waals surface area contributed by atoms with Crippen molar-refractivity contribution in [1.29, 1.82) is 0 Å². The van der Waals surface area contributed by atoms with Crippen LogP contribution in [-0.2, 0) is 18.8 Å². The average Bonchev–Trinajstić information content (AvgIpc) is 2.42. The SMILES string of the molecule is CCOC(=O)c1nc2c(=O)n(C)c(=O)n(C)c2nc1C. The van der Waals surface area contributed by atoms with E-state index in [4.69, 9.17) is 4.74 Å². The number of esters is 1.